The Morgan fingerprint density at radius 1 is 1.47 bits per heavy atom. The molecule has 1 aliphatic rings. The van der Waals surface area contributed by atoms with Crippen LogP contribution in [0.5, 0.6) is 0 Å². The Balaban J connectivity index is 1.65. The molecule has 0 radical (unpaired) electrons. The first kappa shape index (κ1) is 13.1. The molecular weight excluding hydrogens is 345 g/mol. The second-order valence-electron chi connectivity index (χ2n) is 4.28. The van der Waals surface area contributed by atoms with Crippen molar-refractivity contribution in [1.29, 1.82) is 0 Å². The fourth-order valence-electron chi connectivity index (χ4n) is 1.57. The van der Waals surface area contributed by atoms with Crippen LogP contribution in [0.2, 0.25) is 0 Å². The van der Waals surface area contributed by atoms with Crippen LogP contribution < -0.4 is 10.6 Å². The van der Waals surface area contributed by atoms with Crippen molar-refractivity contribution in [3.63, 3.8) is 0 Å². The number of rotatable bonds is 5. The highest BCUT2D eigenvalue weighted by molar-refractivity contribution is 14.1. The lowest BCUT2D eigenvalue weighted by Crippen LogP contribution is -2.39. The van der Waals surface area contributed by atoms with Crippen molar-refractivity contribution in [3.8, 4) is 0 Å². The standard InChI is InChI=1S/C12H18IN3S/c1-14-12(16-8-9-2-3-9)15-7-6-10-4-5-11(13)17-10/h4-5,9H,2-3,6-8H2,1H3,(H2,14,15,16). The zero-order valence-corrected chi connectivity index (χ0v) is 13.0. The Morgan fingerprint density at radius 2 is 2.29 bits per heavy atom. The molecule has 1 aromatic heterocycles. The number of thiophene rings is 1. The Hall–Kier alpha value is -0.300. The van der Waals surface area contributed by atoms with Crippen LogP contribution in [-0.4, -0.2) is 26.1 Å². The minimum absolute atomic E-state index is 0.882. The maximum Gasteiger partial charge on any atom is 0.190 e. The Labute approximate surface area is 120 Å². The molecule has 2 rings (SSSR count). The molecule has 1 saturated carbocycles. The summed E-state index contributed by atoms with van der Waals surface area (Å²) < 4.78 is 1.36. The zero-order chi connectivity index (χ0) is 12.1. The van der Waals surface area contributed by atoms with Crippen molar-refractivity contribution in [2.24, 2.45) is 10.9 Å². The minimum atomic E-state index is 0.882. The average Bonchev–Trinajstić information content (AvgIpc) is 3.06. The normalized spacial score (nSPS) is 16.0. The number of aliphatic imine (C=N–C) groups is 1. The van der Waals surface area contributed by atoms with Gasteiger partial charge in [0.1, 0.15) is 0 Å². The van der Waals surface area contributed by atoms with Crippen LogP contribution in [0.25, 0.3) is 0 Å². The fourth-order valence-corrected chi connectivity index (χ4v) is 3.33. The Bertz CT molecular complexity index is 385. The van der Waals surface area contributed by atoms with Crippen LogP contribution in [0, 0.1) is 8.80 Å². The summed E-state index contributed by atoms with van der Waals surface area (Å²) in [6, 6.07) is 4.37. The number of hydrogen-bond acceptors (Lipinski definition) is 2. The van der Waals surface area contributed by atoms with E-state index in [1.54, 1.807) is 0 Å². The first-order valence-corrected chi connectivity index (χ1v) is 7.86. The van der Waals surface area contributed by atoms with Crippen LogP contribution >= 0.6 is 33.9 Å². The van der Waals surface area contributed by atoms with Gasteiger partial charge in [0.2, 0.25) is 0 Å². The van der Waals surface area contributed by atoms with Gasteiger partial charge in [0, 0.05) is 25.0 Å². The summed E-state index contributed by atoms with van der Waals surface area (Å²) >= 11 is 4.22. The molecule has 3 nitrogen and oxygen atoms in total. The van der Waals surface area contributed by atoms with E-state index in [4.69, 9.17) is 0 Å². The maximum atomic E-state index is 4.22. The van der Waals surface area contributed by atoms with E-state index >= 15 is 0 Å². The average molecular weight is 363 g/mol. The maximum absolute atomic E-state index is 4.22. The van der Waals surface area contributed by atoms with Crippen LogP contribution in [0.15, 0.2) is 17.1 Å². The van der Waals surface area contributed by atoms with E-state index in [0.717, 1.165) is 31.4 Å². The number of hydrogen-bond donors (Lipinski definition) is 2. The van der Waals surface area contributed by atoms with Crippen molar-refractivity contribution in [2.75, 3.05) is 20.1 Å². The van der Waals surface area contributed by atoms with E-state index in [-0.39, 0.29) is 0 Å². The molecule has 0 aliphatic heterocycles. The predicted octanol–water partition coefficient (Wildman–Crippen LogP) is 2.47. The Morgan fingerprint density at radius 3 is 2.88 bits per heavy atom. The van der Waals surface area contributed by atoms with Crippen LogP contribution in [0.1, 0.15) is 17.7 Å². The van der Waals surface area contributed by atoms with E-state index in [2.05, 4.69) is 50.3 Å². The molecule has 0 unspecified atom stereocenters. The van der Waals surface area contributed by atoms with E-state index in [1.165, 1.54) is 20.6 Å². The topological polar surface area (TPSA) is 36.4 Å². The summed E-state index contributed by atoms with van der Waals surface area (Å²) in [6.07, 6.45) is 3.81. The summed E-state index contributed by atoms with van der Waals surface area (Å²) in [5.41, 5.74) is 0. The fraction of sp³-hybridized carbons (Fsp3) is 0.583. The first-order chi connectivity index (χ1) is 8.28. The summed E-state index contributed by atoms with van der Waals surface area (Å²) in [4.78, 5) is 5.65. The highest BCUT2D eigenvalue weighted by atomic mass is 127. The lowest BCUT2D eigenvalue weighted by atomic mass is 10.3. The van der Waals surface area contributed by atoms with Gasteiger partial charge in [-0.15, -0.1) is 11.3 Å². The van der Waals surface area contributed by atoms with E-state index < -0.39 is 0 Å². The van der Waals surface area contributed by atoms with Gasteiger partial charge in [-0.3, -0.25) is 4.99 Å². The largest absolute Gasteiger partial charge is 0.356 e. The summed E-state index contributed by atoms with van der Waals surface area (Å²) in [5, 5.41) is 6.72. The molecule has 0 amide bonds. The third-order valence-electron chi connectivity index (χ3n) is 2.77. The van der Waals surface area contributed by atoms with E-state index in [9.17, 15) is 0 Å². The van der Waals surface area contributed by atoms with Gasteiger partial charge in [-0.2, -0.15) is 0 Å². The SMILES string of the molecule is CN=C(NCCc1ccc(I)s1)NCC1CC1. The molecule has 1 fully saturated rings. The highest BCUT2D eigenvalue weighted by Crippen LogP contribution is 2.27. The summed E-state index contributed by atoms with van der Waals surface area (Å²) in [6.45, 7) is 2.01. The molecule has 1 heterocycles. The molecule has 0 aromatic carbocycles. The van der Waals surface area contributed by atoms with Crippen molar-refractivity contribution in [3.05, 3.63) is 19.9 Å². The van der Waals surface area contributed by atoms with Gasteiger partial charge in [0.15, 0.2) is 5.96 Å². The summed E-state index contributed by atoms with van der Waals surface area (Å²) in [5.74, 6) is 1.82. The van der Waals surface area contributed by atoms with Crippen molar-refractivity contribution >= 4 is 39.9 Å². The van der Waals surface area contributed by atoms with Gasteiger partial charge in [-0.05, 0) is 59.9 Å². The monoisotopic (exact) mass is 363 g/mol. The van der Waals surface area contributed by atoms with E-state index in [1.807, 2.05) is 18.4 Å². The smallest absolute Gasteiger partial charge is 0.190 e. The molecule has 1 aromatic rings. The van der Waals surface area contributed by atoms with Gasteiger partial charge in [0.05, 0.1) is 2.88 Å². The zero-order valence-electron chi connectivity index (χ0n) is 10.0. The number of halogens is 1. The van der Waals surface area contributed by atoms with Crippen molar-refractivity contribution in [2.45, 2.75) is 19.3 Å². The van der Waals surface area contributed by atoms with E-state index in [0.29, 0.717) is 0 Å². The minimum Gasteiger partial charge on any atom is -0.356 e. The molecule has 0 atom stereocenters. The first-order valence-electron chi connectivity index (χ1n) is 5.96. The van der Waals surface area contributed by atoms with Crippen LogP contribution in [0.4, 0.5) is 0 Å². The number of nitrogens with one attached hydrogen (secondary N) is 2. The predicted molar refractivity (Wildman–Crippen MR) is 82.8 cm³/mol. The van der Waals surface area contributed by atoms with Gasteiger partial charge in [0.25, 0.3) is 0 Å². The molecule has 0 spiro atoms. The highest BCUT2D eigenvalue weighted by Gasteiger charge is 2.20. The van der Waals surface area contributed by atoms with Gasteiger partial charge >= 0.3 is 0 Å². The molecular formula is C12H18IN3S. The molecule has 2 N–H and O–H groups in total. The molecule has 17 heavy (non-hydrogen) atoms. The number of guanidine groups is 1. The van der Waals surface area contributed by atoms with Crippen LogP contribution in [0.3, 0.4) is 0 Å². The molecule has 1 aliphatic carbocycles. The van der Waals surface area contributed by atoms with Crippen molar-refractivity contribution in [1.82, 2.24) is 10.6 Å². The molecule has 94 valence electrons. The van der Waals surface area contributed by atoms with Crippen LogP contribution in [-0.2, 0) is 6.42 Å². The lowest BCUT2D eigenvalue weighted by molar-refractivity contribution is 0.736. The second kappa shape index (κ2) is 6.58. The quantitative estimate of drug-likeness (QED) is 0.479. The van der Waals surface area contributed by atoms with Gasteiger partial charge in [-0.25, -0.2) is 0 Å². The Kier molecular flexibility index (Phi) is 5.09. The molecule has 0 saturated heterocycles. The number of nitrogens with zero attached hydrogens (tertiary/aromatic N) is 1. The molecule has 5 heteroatoms. The lowest BCUT2D eigenvalue weighted by Gasteiger charge is -2.10. The molecule has 0 bridgehead atoms. The second-order valence-corrected chi connectivity index (χ2v) is 7.34. The third-order valence-corrected chi connectivity index (χ3v) is 4.73. The third kappa shape index (κ3) is 4.83. The van der Waals surface area contributed by atoms with Crippen molar-refractivity contribution < 1.29 is 0 Å². The summed E-state index contributed by atoms with van der Waals surface area (Å²) in [7, 11) is 1.83. The van der Waals surface area contributed by atoms with Gasteiger partial charge in [-0.1, -0.05) is 0 Å². The van der Waals surface area contributed by atoms with Gasteiger partial charge < -0.3 is 10.6 Å².